The Morgan fingerprint density at radius 3 is 2.62 bits per heavy atom. The van der Waals surface area contributed by atoms with Gasteiger partial charge >= 0.3 is 0 Å². The Morgan fingerprint density at radius 1 is 1.25 bits per heavy atom. The normalized spacial score (nSPS) is 30.7. The number of fused-ring (bicyclic) bond motifs is 2. The zero-order valence-electron chi connectivity index (χ0n) is 8.73. The predicted octanol–water partition coefficient (Wildman–Crippen LogP) is 3.14. The van der Waals surface area contributed by atoms with E-state index in [1.165, 1.54) is 28.4 Å². The van der Waals surface area contributed by atoms with Crippen LogP contribution in [0, 0.1) is 3.57 Å². The van der Waals surface area contributed by atoms with Gasteiger partial charge in [0.25, 0.3) is 0 Å². The molecule has 2 bridgehead atoms. The standard InChI is InChI=1S/C11H13IN2.2ClH/c12-8-3-7(5-13-6-8)10-4-9-1-2-11(10)14-9;;/h3,5-6,9-11,14H,1-2,4H2;2*1H/t9-,10+,11+;;/m0../s1. The molecule has 16 heavy (non-hydrogen) atoms. The first-order chi connectivity index (χ1) is 6.83. The number of hydrogen-bond acceptors (Lipinski definition) is 2. The second-order valence-corrected chi connectivity index (χ2v) is 5.57. The van der Waals surface area contributed by atoms with E-state index in [0.717, 1.165) is 18.0 Å². The van der Waals surface area contributed by atoms with Crippen LogP contribution in [0.15, 0.2) is 18.5 Å². The van der Waals surface area contributed by atoms with Crippen molar-refractivity contribution in [3.8, 4) is 0 Å². The molecule has 3 atom stereocenters. The Morgan fingerprint density at radius 2 is 2.06 bits per heavy atom. The quantitative estimate of drug-likeness (QED) is 0.766. The number of nitrogens with zero attached hydrogens (tertiary/aromatic N) is 1. The van der Waals surface area contributed by atoms with Gasteiger partial charge in [0.05, 0.1) is 0 Å². The Hall–Kier alpha value is 0.420. The van der Waals surface area contributed by atoms with Crippen molar-refractivity contribution in [1.82, 2.24) is 10.3 Å². The second-order valence-electron chi connectivity index (χ2n) is 4.33. The molecule has 1 aromatic rings. The number of halogens is 3. The topological polar surface area (TPSA) is 24.9 Å². The molecule has 1 aromatic heterocycles. The van der Waals surface area contributed by atoms with Crippen molar-refractivity contribution in [2.75, 3.05) is 0 Å². The van der Waals surface area contributed by atoms with Gasteiger partial charge in [-0.1, -0.05) is 0 Å². The van der Waals surface area contributed by atoms with E-state index in [9.17, 15) is 0 Å². The van der Waals surface area contributed by atoms with Gasteiger partial charge in [-0.2, -0.15) is 0 Å². The molecule has 5 heteroatoms. The van der Waals surface area contributed by atoms with E-state index in [-0.39, 0.29) is 24.8 Å². The highest BCUT2D eigenvalue weighted by molar-refractivity contribution is 14.1. The number of rotatable bonds is 1. The van der Waals surface area contributed by atoms with Gasteiger partial charge in [-0.3, -0.25) is 4.98 Å². The molecule has 0 aliphatic carbocycles. The van der Waals surface area contributed by atoms with E-state index in [2.05, 4.69) is 39.0 Å². The summed E-state index contributed by atoms with van der Waals surface area (Å²) in [5.74, 6) is 0.718. The van der Waals surface area contributed by atoms with E-state index < -0.39 is 0 Å². The van der Waals surface area contributed by atoms with Crippen molar-refractivity contribution < 1.29 is 0 Å². The van der Waals surface area contributed by atoms with Gasteiger partial charge in [0, 0.05) is 34.0 Å². The highest BCUT2D eigenvalue weighted by Crippen LogP contribution is 2.39. The maximum absolute atomic E-state index is 4.28. The third-order valence-corrected chi connectivity index (χ3v) is 4.04. The first-order valence-corrected chi connectivity index (χ1v) is 6.27. The van der Waals surface area contributed by atoms with Gasteiger partial charge < -0.3 is 5.32 Å². The lowest BCUT2D eigenvalue weighted by Gasteiger charge is -2.20. The van der Waals surface area contributed by atoms with Crippen molar-refractivity contribution in [3.05, 3.63) is 27.6 Å². The SMILES string of the molecule is Cl.Cl.Ic1cncc([C@H]2C[C@@H]3CC[C@H]2N3)c1. The van der Waals surface area contributed by atoms with Crippen LogP contribution in [0.2, 0.25) is 0 Å². The number of nitrogens with one attached hydrogen (secondary N) is 1. The lowest BCUT2D eigenvalue weighted by molar-refractivity contribution is 0.505. The summed E-state index contributed by atoms with van der Waals surface area (Å²) in [4.78, 5) is 4.28. The van der Waals surface area contributed by atoms with Crippen LogP contribution in [0.5, 0.6) is 0 Å². The smallest absolute Gasteiger partial charge is 0.0401 e. The summed E-state index contributed by atoms with van der Waals surface area (Å²) >= 11 is 2.34. The fourth-order valence-corrected chi connectivity index (χ4v) is 3.34. The Balaban J connectivity index is 0.000000640. The molecule has 0 radical (unpaired) electrons. The first kappa shape index (κ1) is 14.5. The molecular weight excluding hydrogens is 358 g/mol. The largest absolute Gasteiger partial charge is 0.311 e. The van der Waals surface area contributed by atoms with Gasteiger partial charge in [-0.25, -0.2) is 0 Å². The molecule has 0 spiro atoms. The van der Waals surface area contributed by atoms with E-state index in [4.69, 9.17) is 0 Å². The van der Waals surface area contributed by atoms with Crippen LogP contribution in [-0.2, 0) is 0 Å². The molecule has 0 amide bonds. The maximum atomic E-state index is 4.28. The molecule has 2 aliphatic heterocycles. The molecule has 2 saturated heterocycles. The predicted molar refractivity (Wildman–Crippen MR) is 78.8 cm³/mol. The zero-order chi connectivity index (χ0) is 9.54. The molecule has 2 nitrogen and oxygen atoms in total. The average molecular weight is 373 g/mol. The van der Waals surface area contributed by atoms with Crippen LogP contribution in [-0.4, -0.2) is 17.1 Å². The van der Waals surface area contributed by atoms with Crippen LogP contribution in [0.1, 0.15) is 30.7 Å². The van der Waals surface area contributed by atoms with E-state index >= 15 is 0 Å². The molecular formula is C11H15Cl2IN2. The third-order valence-electron chi connectivity index (χ3n) is 3.45. The fourth-order valence-electron chi connectivity index (χ4n) is 2.82. The van der Waals surface area contributed by atoms with Crippen molar-refractivity contribution in [2.24, 2.45) is 0 Å². The summed E-state index contributed by atoms with van der Waals surface area (Å²) in [5, 5.41) is 3.67. The van der Waals surface area contributed by atoms with Gasteiger partial charge in [-0.15, -0.1) is 24.8 Å². The molecule has 2 aliphatic rings. The minimum atomic E-state index is 0. The minimum Gasteiger partial charge on any atom is -0.311 e. The van der Waals surface area contributed by atoms with Crippen LogP contribution in [0.4, 0.5) is 0 Å². The van der Waals surface area contributed by atoms with E-state index in [1.54, 1.807) is 0 Å². The lowest BCUT2D eigenvalue weighted by Crippen LogP contribution is -2.21. The van der Waals surface area contributed by atoms with Crippen LogP contribution in [0.3, 0.4) is 0 Å². The van der Waals surface area contributed by atoms with Crippen LogP contribution in [0.25, 0.3) is 0 Å². The summed E-state index contributed by atoms with van der Waals surface area (Å²) in [6, 6.07) is 3.78. The second kappa shape index (κ2) is 5.85. The average Bonchev–Trinajstić information content (AvgIpc) is 2.78. The lowest BCUT2D eigenvalue weighted by atomic mass is 9.85. The first-order valence-electron chi connectivity index (χ1n) is 5.19. The van der Waals surface area contributed by atoms with Gasteiger partial charge in [0.15, 0.2) is 0 Å². The summed E-state index contributed by atoms with van der Waals surface area (Å²) in [6.45, 7) is 0. The molecule has 1 N–H and O–H groups in total. The molecule has 90 valence electrons. The summed E-state index contributed by atoms with van der Waals surface area (Å²) in [6.07, 6.45) is 7.99. The third kappa shape index (κ3) is 2.63. The van der Waals surface area contributed by atoms with Crippen molar-refractivity contribution in [2.45, 2.75) is 37.3 Å². The summed E-state index contributed by atoms with van der Waals surface area (Å²) in [5.41, 5.74) is 1.43. The van der Waals surface area contributed by atoms with Gasteiger partial charge in [0.1, 0.15) is 0 Å². The monoisotopic (exact) mass is 372 g/mol. The van der Waals surface area contributed by atoms with Crippen LogP contribution < -0.4 is 5.32 Å². The maximum Gasteiger partial charge on any atom is 0.0401 e. The highest BCUT2D eigenvalue weighted by Gasteiger charge is 2.39. The summed E-state index contributed by atoms with van der Waals surface area (Å²) in [7, 11) is 0. The highest BCUT2D eigenvalue weighted by atomic mass is 127. The van der Waals surface area contributed by atoms with Crippen molar-refractivity contribution >= 4 is 47.4 Å². The molecule has 3 rings (SSSR count). The number of aromatic nitrogens is 1. The molecule has 0 saturated carbocycles. The minimum absolute atomic E-state index is 0. The van der Waals surface area contributed by atoms with Gasteiger partial charge in [-0.05, 0) is 53.5 Å². The van der Waals surface area contributed by atoms with E-state index in [0.29, 0.717) is 0 Å². The molecule has 0 aromatic carbocycles. The molecule has 0 unspecified atom stereocenters. The zero-order valence-corrected chi connectivity index (χ0v) is 12.5. The van der Waals surface area contributed by atoms with Crippen LogP contribution >= 0.6 is 47.4 Å². The number of pyridine rings is 1. The Bertz CT molecular complexity index is 362. The fraction of sp³-hybridized carbons (Fsp3) is 0.545. The Labute approximate surface area is 122 Å². The summed E-state index contributed by atoms with van der Waals surface area (Å²) < 4.78 is 1.25. The molecule has 3 heterocycles. The van der Waals surface area contributed by atoms with Gasteiger partial charge in [0.2, 0.25) is 0 Å². The number of hydrogen-bond donors (Lipinski definition) is 1. The van der Waals surface area contributed by atoms with Crippen molar-refractivity contribution in [1.29, 1.82) is 0 Å². The van der Waals surface area contributed by atoms with E-state index in [1.807, 2.05) is 12.4 Å². The Kier molecular flexibility index (Phi) is 5.29. The molecule has 2 fully saturated rings. The van der Waals surface area contributed by atoms with Crippen molar-refractivity contribution in [3.63, 3.8) is 0 Å².